The van der Waals surface area contributed by atoms with Gasteiger partial charge in [0.25, 0.3) is 0 Å². The van der Waals surface area contributed by atoms with Gasteiger partial charge in [-0.1, -0.05) is 12.1 Å². The summed E-state index contributed by atoms with van der Waals surface area (Å²) in [6, 6.07) is 22.3. The minimum atomic E-state index is -1.01. The number of nitrogens with zero attached hydrogens (tertiary/aromatic N) is 2. The molecule has 0 amide bonds. The summed E-state index contributed by atoms with van der Waals surface area (Å²) in [7, 11) is 1.63. The van der Waals surface area contributed by atoms with E-state index in [4.69, 9.17) is 9.47 Å². The highest BCUT2D eigenvalue weighted by Crippen LogP contribution is 2.34. The van der Waals surface area contributed by atoms with Crippen LogP contribution in [0.15, 0.2) is 79.0 Å². The summed E-state index contributed by atoms with van der Waals surface area (Å²) in [4.78, 5) is 20.7. The number of aromatic nitrogens is 2. The van der Waals surface area contributed by atoms with E-state index in [-0.39, 0.29) is 0 Å². The zero-order chi connectivity index (χ0) is 25.0. The van der Waals surface area contributed by atoms with Gasteiger partial charge in [-0.3, -0.25) is 4.79 Å². The molecular formula is C28H27N3O4. The molecule has 4 aromatic rings. The molecule has 0 aliphatic heterocycles. The molecule has 178 valence electrons. The minimum absolute atomic E-state index is 0.568. The first-order chi connectivity index (χ1) is 16.8. The maximum Gasteiger partial charge on any atom is 0.313 e. The van der Waals surface area contributed by atoms with Gasteiger partial charge in [-0.2, -0.15) is 0 Å². The van der Waals surface area contributed by atoms with Gasteiger partial charge < -0.3 is 19.9 Å². The van der Waals surface area contributed by atoms with Crippen LogP contribution in [0.2, 0.25) is 0 Å². The summed E-state index contributed by atoms with van der Waals surface area (Å²) < 4.78 is 11.5. The lowest BCUT2D eigenvalue weighted by molar-refractivity contribution is -0.142. The number of ether oxygens (including phenoxy) is 2. The van der Waals surface area contributed by atoms with Gasteiger partial charge in [0.2, 0.25) is 0 Å². The van der Waals surface area contributed by atoms with Gasteiger partial charge in [0, 0.05) is 29.2 Å². The maximum absolute atomic E-state index is 11.6. The van der Waals surface area contributed by atoms with E-state index in [0.29, 0.717) is 22.9 Å². The third kappa shape index (κ3) is 5.41. The summed E-state index contributed by atoms with van der Waals surface area (Å²) in [6.07, 6.45) is 1.65. The topological polar surface area (TPSA) is 93.6 Å². The molecule has 0 aliphatic rings. The third-order valence-corrected chi connectivity index (χ3v) is 5.71. The Kier molecular flexibility index (Phi) is 6.68. The van der Waals surface area contributed by atoms with Crippen molar-refractivity contribution in [3.8, 4) is 28.5 Å². The molecule has 0 radical (unpaired) electrons. The second-order valence-corrected chi connectivity index (χ2v) is 8.64. The van der Waals surface area contributed by atoms with Crippen LogP contribution in [0.1, 0.15) is 25.1 Å². The number of benzene rings is 2. The van der Waals surface area contributed by atoms with Crippen LogP contribution in [0.4, 0.5) is 11.5 Å². The van der Waals surface area contributed by atoms with Crippen LogP contribution in [-0.4, -0.2) is 28.2 Å². The van der Waals surface area contributed by atoms with Crippen LogP contribution in [-0.2, 0) is 10.2 Å². The van der Waals surface area contributed by atoms with Gasteiger partial charge >= 0.3 is 5.97 Å². The number of carbonyl (C=O) groups is 1. The monoisotopic (exact) mass is 469 g/mol. The number of carboxylic acids is 1. The summed E-state index contributed by atoms with van der Waals surface area (Å²) in [5.74, 6) is 1.65. The first-order valence-corrected chi connectivity index (χ1v) is 11.1. The fraction of sp³-hybridized carbons (Fsp3) is 0.179. The molecule has 4 rings (SSSR count). The van der Waals surface area contributed by atoms with Crippen LogP contribution in [0, 0.1) is 6.92 Å². The maximum atomic E-state index is 11.6. The van der Waals surface area contributed by atoms with Gasteiger partial charge in [-0.25, -0.2) is 9.97 Å². The molecule has 0 saturated carbocycles. The van der Waals surface area contributed by atoms with Crippen molar-refractivity contribution in [2.24, 2.45) is 0 Å². The number of aryl methyl sites for hydroxylation is 1. The van der Waals surface area contributed by atoms with Crippen molar-refractivity contribution in [3.63, 3.8) is 0 Å². The summed E-state index contributed by atoms with van der Waals surface area (Å²) >= 11 is 0. The second-order valence-electron chi connectivity index (χ2n) is 8.64. The van der Waals surface area contributed by atoms with E-state index in [0.717, 1.165) is 28.4 Å². The normalized spacial score (nSPS) is 11.1. The first-order valence-electron chi connectivity index (χ1n) is 11.1. The molecule has 2 aromatic heterocycles. The number of anilines is 2. The predicted molar refractivity (Wildman–Crippen MR) is 136 cm³/mol. The number of carboxylic acid groups (broad SMARTS) is 1. The van der Waals surface area contributed by atoms with Gasteiger partial charge in [0.15, 0.2) is 5.75 Å². The van der Waals surface area contributed by atoms with E-state index in [2.05, 4.69) is 15.3 Å². The van der Waals surface area contributed by atoms with Crippen LogP contribution in [0.25, 0.3) is 11.3 Å². The minimum Gasteiger partial charge on any atom is -0.497 e. The van der Waals surface area contributed by atoms with E-state index in [1.165, 1.54) is 0 Å². The molecule has 35 heavy (non-hydrogen) atoms. The Hall–Kier alpha value is -4.39. The zero-order valence-electron chi connectivity index (χ0n) is 20.1. The molecule has 2 N–H and O–H groups in total. The predicted octanol–water partition coefficient (Wildman–Crippen LogP) is 6.36. The van der Waals surface area contributed by atoms with E-state index in [9.17, 15) is 9.90 Å². The Balaban J connectivity index is 1.59. The second kappa shape index (κ2) is 9.85. The fourth-order valence-corrected chi connectivity index (χ4v) is 3.51. The van der Waals surface area contributed by atoms with Crippen LogP contribution in [0.5, 0.6) is 17.2 Å². The molecule has 2 heterocycles. The number of rotatable bonds is 8. The average Bonchev–Trinajstić information content (AvgIpc) is 2.85. The van der Waals surface area contributed by atoms with Crippen LogP contribution in [0.3, 0.4) is 0 Å². The van der Waals surface area contributed by atoms with Crippen molar-refractivity contribution in [3.05, 3.63) is 90.3 Å². The summed E-state index contributed by atoms with van der Waals surface area (Å²) in [6.45, 7) is 5.29. The van der Waals surface area contributed by atoms with Crippen molar-refractivity contribution in [1.82, 2.24) is 9.97 Å². The lowest BCUT2D eigenvalue weighted by Gasteiger charge is -2.20. The Labute approximate surface area is 204 Å². The molecule has 2 aromatic carbocycles. The molecule has 0 aliphatic carbocycles. The number of pyridine rings is 2. The molecule has 0 spiro atoms. The van der Waals surface area contributed by atoms with Crippen molar-refractivity contribution in [2.45, 2.75) is 26.2 Å². The quantitative estimate of drug-likeness (QED) is 0.310. The number of methoxy groups -OCH3 is 1. The Morgan fingerprint density at radius 2 is 1.74 bits per heavy atom. The lowest BCUT2D eigenvalue weighted by Crippen LogP contribution is -2.28. The highest BCUT2D eigenvalue weighted by atomic mass is 16.5. The molecule has 0 fully saturated rings. The van der Waals surface area contributed by atoms with Gasteiger partial charge in [0.05, 0.1) is 12.5 Å². The van der Waals surface area contributed by atoms with Gasteiger partial charge in [0.1, 0.15) is 23.0 Å². The van der Waals surface area contributed by atoms with Crippen LogP contribution >= 0.6 is 0 Å². The highest BCUT2D eigenvalue weighted by Gasteiger charge is 2.29. The number of aliphatic carboxylic acids is 1. The van der Waals surface area contributed by atoms with E-state index in [1.807, 2.05) is 61.5 Å². The molecule has 0 bridgehead atoms. The zero-order valence-corrected chi connectivity index (χ0v) is 20.1. The highest BCUT2D eigenvalue weighted by molar-refractivity contribution is 5.81. The molecule has 0 atom stereocenters. The Bertz CT molecular complexity index is 1350. The standard InChI is InChI=1S/C28H27N3O4/c1-18-8-13-24(26(30-18)19-9-11-22(34-4)12-10-19)35-23-14-15-29-25(17-23)31-21-7-5-6-20(16-21)28(2,3)27(32)33/h5-17H,1-4H3,(H,29,31)(H,32,33). The molecule has 7 heteroatoms. The fourth-order valence-electron chi connectivity index (χ4n) is 3.51. The van der Waals surface area contributed by atoms with Crippen molar-refractivity contribution >= 4 is 17.5 Å². The third-order valence-electron chi connectivity index (χ3n) is 5.71. The Morgan fingerprint density at radius 1 is 0.971 bits per heavy atom. The SMILES string of the molecule is COc1ccc(-c2nc(C)ccc2Oc2ccnc(Nc3cccc(C(C)(C)C(=O)O)c3)c2)cc1. The van der Waals surface area contributed by atoms with Crippen molar-refractivity contribution in [1.29, 1.82) is 0 Å². The van der Waals surface area contributed by atoms with Crippen molar-refractivity contribution in [2.75, 3.05) is 12.4 Å². The number of hydrogen-bond donors (Lipinski definition) is 2. The Morgan fingerprint density at radius 3 is 2.46 bits per heavy atom. The first kappa shape index (κ1) is 23.8. The van der Waals surface area contributed by atoms with Crippen molar-refractivity contribution < 1.29 is 19.4 Å². The van der Waals surface area contributed by atoms with E-state index < -0.39 is 11.4 Å². The number of hydrogen-bond acceptors (Lipinski definition) is 6. The van der Waals surface area contributed by atoms with E-state index >= 15 is 0 Å². The lowest BCUT2D eigenvalue weighted by atomic mass is 9.84. The average molecular weight is 470 g/mol. The molecular weight excluding hydrogens is 442 g/mol. The summed E-state index contributed by atoms with van der Waals surface area (Å²) in [5.41, 5.74) is 2.93. The van der Waals surface area contributed by atoms with Gasteiger partial charge in [-0.15, -0.1) is 0 Å². The number of nitrogens with one attached hydrogen (secondary N) is 1. The van der Waals surface area contributed by atoms with Gasteiger partial charge in [-0.05, 0) is 80.9 Å². The largest absolute Gasteiger partial charge is 0.497 e. The summed E-state index contributed by atoms with van der Waals surface area (Å²) in [5, 5.41) is 12.8. The van der Waals surface area contributed by atoms with E-state index in [1.54, 1.807) is 45.4 Å². The van der Waals surface area contributed by atoms with Crippen LogP contribution < -0.4 is 14.8 Å². The molecule has 0 unspecified atom stereocenters. The molecule has 7 nitrogen and oxygen atoms in total. The molecule has 0 saturated heterocycles. The smallest absolute Gasteiger partial charge is 0.313 e.